The van der Waals surface area contributed by atoms with Crippen molar-refractivity contribution < 1.29 is 14.0 Å². The van der Waals surface area contributed by atoms with Crippen LogP contribution >= 0.6 is 0 Å². The van der Waals surface area contributed by atoms with Gasteiger partial charge in [0.15, 0.2) is 0 Å². The molecule has 1 saturated carbocycles. The number of carbonyl (C=O) groups excluding carboxylic acids is 2. The summed E-state index contributed by atoms with van der Waals surface area (Å²) >= 11 is 0. The Bertz CT molecular complexity index is 1020. The normalized spacial score (nSPS) is 19.6. The van der Waals surface area contributed by atoms with Gasteiger partial charge in [0.2, 0.25) is 5.91 Å². The third kappa shape index (κ3) is 5.38. The van der Waals surface area contributed by atoms with E-state index in [4.69, 9.17) is 0 Å². The van der Waals surface area contributed by atoms with Crippen LogP contribution in [0.1, 0.15) is 59.9 Å². The van der Waals surface area contributed by atoms with Crippen LogP contribution in [-0.2, 0) is 11.3 Å². The predicted octanol–water partition coefficient (Wildman–Crippen LogP) is 3.71. The molecule has 7 nitrogen and oxygen atoms in total. The molecule has 33 heavy (non-hydrogen) atoms. The van der Waals surface area contributed by atoms with E-state index < -0.39 is 5.82 Å². The topological polar surface area (TPSA) is 78.4 Å². The van der Waals surface area contributed by atoms with Crippen molar-refractivity contribution in [2.24, 2.45) is 5.92 Å². The van der Waals surface area contributed by atoms with Gasteiger partial charge in [0.05, 0.1) is 5.56 Å². The largest absolute Gasteiger partial charge is 0.337 e. The van der Waals surface area contributed by atoms with Crippen molar-refractivity contribution in [1.29, 1.82) is 0 Å². The highest BCUT2D eigenvalue weighted by Gasteiger charge is 2.33. The highest BCUT2D eigenvalue weighted by molar-refractivity contribution is 6.04. The Hall–Kier alpha value is -2.87. The number of nitrogens with zero attached hydrogens (tertiary/aromatic N) is 4. The highest BCUT2D eigenvalue weighted by atomic mass is 19.1. The van der Waals surface area contributed by atoms with Gasteiger partial charge in [-0.1, -0.05) is 12.8 Å². The number of hydrogen-bond donors (Lipinski definition) is 1. The Morgan fingerprint density at radius 3 is 2.48 bits per heavy atom. The molecule has 4 rings (SSSR count). The lowest BCUT2D eigenvalue weighted by Gasteiger charge is -2.41. The van der Waals surface area contributed by atoms with Crippen molar-refractivity contribution in [3.8, 4) is 0 Å². The van der Waals surface area contributed by atoms with Gasteiger partial charge in [-0.15, -0.1) is 0 Å². The van der Waals surface area contributed by atoms with Crippen LogP contribution in [0.25, 0.3) is 0 Å². The second-order valence-corrected chi connectivity index (χ2v) is 9.31. The maximum atomic E-state index is 14.4. The van der Waals surface area contributed by atoms with Crippen molar-refractivity contribution in [2.45, 2.75) is 59.0 Å². The summed E-state index contributed by atoms with van der Waals surface area (Å²) in [6.07, 6.45) is 7.25. The van der Waals surface area contributed by atoms with Crippen molar-refractivity contribution in [3.05, 3.63) is 52.9 Å². The summed E-state index contributed by atoms with van der Waals surface area (Å²) in [6, 6.07) is 2.99. The minimum Gasteiger partial charge on any atom is -0.337 e. The van der Waals surface area contributed by atoms with Crippen LogP contribution in [0, 0.1) is 25.6 Å². The second-order valence-electron chi connectivity index (χ2n) is 9.31. The molecule has 176 valence electrons. The van der Waals surface area contributed by atoms with E-state index in [1.165, 1.54) is 24.5 Å². The van der Waals surface area contributed by atoms with Crippen LogP contribution in [0.15, 0.2) is 24.5 Å². The Kier molecular flexibility index (Phi) is 7.02. The Morgan fingerprint density at radius 2 is 1.82 bits per heavy atom. The SMILES string of the molecule is Cc1ncc(C(=O)Nc2cc(F)cc(CN3CCN(C(=O)C4CCCC4)[C@@H](C)C3)c2C)cn1. The van der Waals surface area contributed by atoms with Gasteiger partial charge in [-0.3, -0.25) is 14.5 Å². The first-order chi connectivity index (χ1) is 15.8. The van der Waals surface area contributed by atoms with E-state index in [1.807, 2.05) is 11.8 Å². The van der Waals surface area contributed by atoms with Crippen LogP contribution in [0.3, 0.4) is 0 Å². The van der Waals surface area contributed by atoms with Crippen LogP contribution < -0.4 is 5.32 Å². The summed E-state index contributed by atoms with van der Waals surface area (Å²) in [7, 11) is 0. The van der Waals surface area contributed by atoms with Gasteiger partial charge < -0.3 is 10.2 Å². The predicted molar refractivity (Wildman–Crippen MR) is 124 cm³/mol. The van der Waals surface area contributed by atoms with Gasteiger partial charge in [0, 0.05) is 56.2 Å². The summed E-state index contributed by atoms with van der Waals surface area (Å²) in [6.45, 7) is 8.48. The zero-order valence-corrected chi connectivity index (χ0v) is 19.6. The van der Waals surface area contributed by atoms with Gasteiger partial charge in [0.25, 0.3) is 5.91 Å². The molecule has 1 aromatic carbocycles. The summed E-state index contributed by atoms with van der Waals surface area (Å²) in [5.41, 5.74) is 2.42. The van der Waals surface area contributed by atoms with Crippen molar-refractivity contribution in [2.75, 3.05) is 25.0 Å². The van der Waals surface area contributed by atoms with Crippen molar-refractivity contribution in [3.63, 3.8) is 0 Å². The first-order valence-electron chi connectivity index (χ1n) is 11.7. The van der Waals surface area contributed by atoms with E-state index in [9.17, 15) is 14.0 Å². The molecule has 2 aromatic rings. The molecule has 1 atom stereocenters. The molecule has 2 aliphatic rings. The molecule has 1 saturated heterocycles. The quantitative estimate of drug-likeness (QED) is 0.747. The number of nitrogens with one attached hydrogen (secondary N) is 1. The van der Waals surface area contributed by atoms with Crippen LogP contribution in [-0.4, -0.2) is 57.3 Å². The monoisotopic (exact) mass is 453 g/mol. The lowest BCUT2D eigenvalue weighted by Crippen LogP contribution is -2.54. The Labute approximate surface area is 194 Å². The third-order valence-electron chi connectivity index (χ3n) is 6.86. The number of piperazine rings is 1. The third-order valence-corrected chi connectivity index (χ3v) is 6.86. The number of hydrogen-bond acceptors (Lipinski definition) is 5. The number of rotatable bonds is 5. The molecule has 1 aliphatic carbocycles. The van der Waals surface area contributed by atoms with E-state index in [-0.39, 0.29) is 17.9 Å². The van der Waals surface area contributed by atoms with E-state index >= 15 is 0 Å². The molecule has 2 heterocycles. The smallest absolute Gasteiger partial charge is 0.258 e. The van der Waals surface area contributed by atoms with E-state index in [0.29, 0.717) is 36.1 Å². The first-order valence-corrected chi connectivity index (χ1v) is 11.7. The number of halogens is 1. The molecule has 0 radical (unpaired) electrons. The highest BCUT2D eigenvalue weighted by Crippen LogP contribution is 2.29. The maximum absolute atomic E-state index is 14.4. The summed E-state index contributed by atoms with van der Waals surface area (Å²) in [4.78, 5) is 37.8. The molecule has 1 aromatic heterocycles. The van der Waals surface area contributed by atoms with Gasteiger partial charge in [-0.25, -0.2) is 14.4 Å². The van der Waals surface area contributed by atoms with Gasteiger partial charge >= 0.3 is 0 Å². The molecular formula is C25H32FN5O2. The fraction of sp³-hybridized carbons (Fsp3) is 0.520. The average Bonchev–Trinajstić information content (AvgIpc) is 3.32. The zero-order chi connectivity index (χ0) is 23.5. The van der Waals surface area contributed by atoms with Crippen LogP contribution in [0.4, 0.5) is 10.1 Å². The number of aromatic nitrogens is 2. The molecular weight excluding hydrogens is 421 g/mol. The molecule has 8 heteroatoms. The minimum atomic E-state index is -0.394. The van der Waals surface area contributed by atoms with Gasteiger partial charge in [-0.05, 0) is 56.9 Å². The van der Waals surface area contributed by atoms with Gasteiger partial charge in [0.1, 0.15) is 11.6 Å². The number of amides is 2. The van der Waals surface area contributed by atoms with Crippen molar-refractivity contribution in [1.82, 2.24) is 19.8 Å². The lowest BCUT2D eigenvalue weighted by atomic mass is 10.0. The summed E-state index contributed by atoms with van der Waals surface area (Å²) in [5, 5.41) is 2.80. The molecule has 0 unspecified atom stereocenters. The summed E-state index contributed by atoms with van der Waals surface area (Å²) in [5.74, 6) is 0.299. The molecule has 1 N–H and O–H groups in total. The number of aryl methyl sites for hydroxylation is 1. The lowest BCUT2D eigenvalue weighted by molar-refractivity contribution is -0.140. The van der Waals surface area contributed by atoms with Gasteiger partial charge in [-0.2, -0.15) is 0 Å². The number of carbonyl (C=O) groups is 2. The first kappa shape index (κ1) is 23.3. The standard InChI is InChI=1S/C25H32FN5O2/c1-16-14-30(8-9-31(16)25(33)19-6-4-5-7-19)15-20-10-22(26)11-23(17(20)2)29-24(32)21-12-27-18(3)28-13-21/h10-13,16,19H,4-9,14-15H2,1-3H3,(H,29,32)/t16-/m0/s1. The van der Waals surface area contributed by atoms with Crippen LogP contribution in [0.5, 0.6) is 0 Å². The van der Waals surface area contributed by atoms with Crippen molar-refractivity contribution >= 4 is 17.5 Å². The summed E-state index contributed by atoms with van der Waals surface area (Å²) < 4.78 is 14.4. The number of anilines is 1. The Balaban J connectivity index is 1.42. The molecule has 2 amide bonds. The Morgan fingerprint density at radius 1 is 1.12 bits per heavy atom. The van der Waals surface area contributed by atoms with E-state index in [0.717, 1.165) is 49.9 Å². The van der Waals surface area contributed by atoms with Crippen LogP contribution in [0.2, 0.25) is 0 Å². The maximum Gasteiger partial charge on any atom is 0.258 e. The zero-order valence-electron chi connectivity index (χ0n) is 19.6. The molecule has 0 spiro atoms. The molecule has 0 bridgehead atoms. The fourth-order valence-corrected chi connectivity index (χ4v) is 4.89. The average molecular weight is 454 g/mol. The molecule has 2 fully saturated rings. The van der Waals surface area contributed by atoms with E-state index in [2.05, 4.69) is 27.1 Å². The fourth-order valence-electron chi connectivity index (χ4n) is 4.89. The minimum absolute atomic E-state index is 0.126. The van der Waals surface area contributed by atoms with E-state index in [1.54, 1.807) is 6.92 Å². The molecule has 1 aliphatic heterocycles. The second kappa shape index (κ2) is 9.95. The number of benzene rings is 1.